The first-order valence-electron chi connectivity index (χ1n) is 8.99. The maximum Gasteiger partial charge on any atom is 0.326 e. The lowest BCUT2D eigenvalue weighted by atomic mass is 10.1. The number of benzene rings is 1. The lowest BCUT2D eigenvalue weighted by Gasteiger charge is -2.21. The van der Waals surface area contributed by atoms with Crippen molar-refractivity contribution in [1.82, 2.24) is 15.1 Å². The number of amides is 1. The second kappa shape index (κ2) is 8.52. The molecule has 0 spiro atoms. The maximum atomic E-state index is 14.5. The highest BCUT2D eigenvalue weighted by molar-refractivity contribution is 5.96. The first kappa shape index (κ1) is 21.6. The molecule has 0 bridgehead atoms. The fraction of sp³-hybridized carbons (Fsp3) is 0.450. The molecule has 152 valence electrons. The summed E-state index contributed by atoms with van der Waals surface area (Å²) in [7, 11) is 0. The second-order valence-electron chi connectivity index (χ2n) is 7.62. The van der Waals surface area contributed by atoms with E-state index >= 15 is 0 Å². The molecule has 1 amide bonds. The molecule has 1 aromatic carbocycles. The predicted molar refractivity (Wildman–Crippen MR) is 102 cm³/mol. The largest absolute Gasteiger partial charge is 0.480 e. The number of carbonyl (C=O) groups excluding carboxylic acids is 1. The molecule has 0 aliphatic carbocycles. The summed E-state index contributed by atoms with van der Waals surface area (Å²) in [6, 6.07) is 4.65. The zero-order valence-corrected chi connectivity index (χ0v) is 16.7. The summed E-state index contributed by atoms with van der Waals surface area (Å²) in [4.78, 5) is 23.8. The van der Waals surface area contributed by atoms with Gasteiger partial charge in [0, 0.05) is 24.3 Å². The molecule has 2 rings (SSSR count). The molecule has 0 aliphatic heterocycles. The first-order chi connectivity index (χ1) is 13.0. The van der Waals surface area contributed by atoms with Gasteiger partial charge in [-0.25, -0.2) is 13.9 Å². The molecule has 8 heteroatoms. The van der Waals surface area contributed by atoms with Gasteiger partial charge in [0.1, 0.15) is 17.5 Å². The summed E-state index contributed by atoms with van der Waals surface area (Å²) >= 11 is 0. The van der Waals surface area contributed by atoms with Crippen LogP contribution < -0.4 is 5.32 Å². The number of aryl methyl sites for hydroxylation is 2. The van der Waals surface area contributed by atoms with E-state index in [0.29, 0.717) is 0 Å². The number of carboxylic acids is 1. The van der Waals surface area contributed by atoms with Crippen LogP contribution in [0.4, 0.5) is 4.39 Å². The van der Waals surface area contributed by atoms with Gasteiger partial charge in [-0.3, -0.25) is 4.79 Å². The minimum atomic E-state index is -1.18. The topological polar surface area (TPSA) is 93.5 Å². The van der Waals surface area contributed by atoms with Crippen LogP contribution in [0, 0.1) is 19.7 Å². The number of carboxylic acid groups (broad SMARTS) is 1. The summed E-state index contributed by atoms with van der Waals surface area (Å²) in [5.74, 6) is -2.46. The Morgan fingerprint density at radius 2 is 1.96 bits per heavy atom. The summed E-state index contributed by atoms with van der Waals surface area (Å²) in [6.45, 7) is 9.35. The number of nitrogens with one attached hydrogen (secondary N) is 1. The molecule has 1 unspecified atom stereocenters. The average molecular weight is 391 g/mol. The molecule has 28 heavy (non-hydrogen) atoms. The van der Waals surface area contributed by atoms with Gasteiger partial charge in [0.2, 0.25) is 0 Å². The zero-order valence-electron chi connectivity index (χ0n) is 16.7. The van der Waals surface area contributed by atoms with E-state index in [1.165, 1.54) is 16.8 Å². The smallest absolute Gasteiger partial charge is 0.326 e. The van der Waals surface area contributed by atoms with Gasteiger partial charge in [0.25, 0.3) is 5.91 Å². The standard InChI is InChI=1S/C20H26FN3O4/c1-12-10-13(2)24(23-12)17-7-6-14(11-15(17)21)18(25)22-16(19(26)27)8-9-28-20(3,4)5/h6-7,10-11,16H,8-9H2,1-5H3,(H,22,25)(H,26,27). The third-order valence-electron chi connectivity index (χ3n) is 3.99. The van der Waals surface area contributed by atoms with Gasteiger partial charge in [-0.1, -0.05) is 0 Å². The Morgan fingerprint density at radius 3 is 2.46 bits per heavy atom. The van der Waals surface area contributed by atoms with Crippen LogP contribution in [0.2, 0.25) is 0 Å². The molecule has 0 fully saturated rings. The fourth-order valence-electron chi connectivity index (χ4n) is 2.67. The minimum Gasteiger partial charge on any atom is -0.480 e. The van der Waals surface area contributed by atoms with Crippen LogP contribution in [0.3, 0.4) is 0 Å². The third-order valence-corrected chi connectivity index (χ3v) is 3.99. The Morgan fingerprint density at radius 1 is 1.29 bits per heavy atom. The summed E-state index contributed by atoms with van der Waals surface area (Å²) in [6.07, 6.45) is 0.102. The van der Waals surface area contributed by atoms with E-state index in [2.05, 4.69) is 10.4 Å². The molecular weight excluding hydrogens is 365 g/mol. The molecule has 1 atom stereocenters. The van der Waals surface area contributed by atoms with Crippen molar-refractivity contribution in [2.24, 2.45) is 0 Å². The van der Waals surface area contributed by atoms with E-state index in [9.17, 15) is 19.1 Å². The van der Waals surface area contributed by atoms with E-state index in [1.54, 1.807) is 13.8 Å². The molecule has 0 saturated carbocycles. The minimum absolute atomic E-state index is 0.0331. The van der Waals surface area contributed by atoms with Crippen LogP contribution >= 0.6 is 0 Å². The Labute approximate surface area is 163 Å². The van der Waals surface area contributed by atoms with Crippen molar-refractivity contribution in [3.05, 3.63) is 47.0 Å². The quantitative estimate of drug-likeness (QED) is 0.757. The normalized spacial score (nSPS) is 12.6. The second-order valence-corrected chi connectivity index (χ2v) is 7.62. The van der Waals surface area contributed by atoms with E-state index < -0.39 is 29.3 Å². The van der Waals surface area contributed by atoms with Crippen molar-refractivity contribution in [1.29, 1.82) is 0 Å². The van der Waals surface area contributed by atoms with Gasteiger partial charge in [-0.15, -0.1) is 0 Å². The van der Waals surface area contributed by atoms with E-state index in [-0.39, 0.29) is 24.3 Å². The molecule has 1 aromatic heterocycles. The zero-order chi connectivity index (χ0) is 21.1. The number of carbonyl (C=O) groups is 2. The molecule has 0 radical (unpaired) electrons. The van der Waals surface area contributed by atoms with Crippen molar-refractivity contribution in [3.8, 4) is 5.69 Å². The van der Waals surface area contributed by atoms with Crippen LogP contribution in [-0.2, 0) is 9.53 Å². The van der Waals surface area contributed by atoms with Crippen molar-refractivity contribution < 1.29 is 23.8 Å². The molecule has 7 nitrogen and oxygen atoms in total. The Kier molecular flexibility index (Phi) is 6.56. The lowest BCUT2D eigenvalue weighted by molar-refractivity contribution is -0.140. The highest BCUT2D eigenvalue weighted by atomic mass is 19.1. The van der Waals surface area contributed by atoms with Crippen molar-refractivity contribution in [2.75, 3.05) is 6.61 Å². The molecule has 0 saturated heterocycles. The third kappa shape index (κ3) is 5.63. The number of halogens is 1. The van der Waals surface area contributed by atoms with Gasteiger partial charge in [-0.2, -0.15) is 5.10 Å². The molecule has 0 aliphatic rings. The average Bonchev–Trinajstić information content (AvgIpc) is 2.90. The molecule has 1 heterocycles. The lowest BCUT2D eigenvalue weighted by Crippen LogP contribution is -2.42. The van der Waals surface area contributed by atoms with E-state index in [0.717, 1.165) is 17.5 Å². The molecule has 2 aromatic rings. The summed E-state index contributed by atoms with van der Waals surface area (Å²) < 4.78 is 21.5. The number of aliphatic carboxylic acids is 1. The van der Waals surface area contributed by atoms with Crippen LogP contribution in [-0.4, -0.2) is 45.0 Å². The number of aromatic nitrogens is 2. The number of rotatable bonds is 7. The first-order valence-corrected chi connectivity index (χ1v) is 8.99. The van der Waals surface area contributed by atoms with E-state index in [4.69, 9.17) is 4.74 Å². The van der Waals surface area contributed by atoms with Gasteiger partial charge in [-0.05, 0) is 58.9 Å². The molecular formula is C20H26FN3O4. The Balaban J connectivity index is 2.11. The van der Waals surface area contributed by atoms with Crippen LogP contribution in [0.1, 0.15) is 48.9 Å². The monoisotopic (exact) mass is 391 g/mol. The van der Waals surface area contributed by atoms with Crippen LogP contribution in [0.15, 0.2) is 24.3 Å². The van der Waals surface area contributed by atoms with Gasteiger partial charge >= 0.3 is 5.97 Å². The van der Waals surface area contributed by atoms with Crippen molar-refractivity contribution >= 4 is 11.9 Å². The highest BCUT2D eigenvalue weighted by Crippen LogP contribution is 2.18. The fourth-order valence-corrected chi connectivity index (χ4v) is 2.67. The predicted octanol–water partition coefficient (Wildman–Crippen LogP) is 3.02. The summed E-state index contributed by atoms with van der Waals surface area (Å²) in [5, 5.41) is 16.0. The maximum absolute atomic E-state index is 14.5. The van der Waals surface area contributed by atoms with Crippen LogP contribution in [0.5, 0.6) is 0 Å². The SMILES string of the molecule is Cc1cc(C)n(-c2ccc(C(=O)NC(CCOC(C)(C)C)C(=O)O)cc2F)n1. The van der Waals surface area contributed by atoms with Gasteiger partial charge in [0.15, 0.2) is 0 Å². The Bertz CT molecular complexity index is 871. The number of nitrogens with zero attached hydrogens (tertiary/aromatic N) is 2. The Hall–Kier alpha value is -2.74. The summed E-state index contributed by atoms with van der Waals surface area (Å²) in [5.41, 5.74) is 1.36. The number of hydrogen-bond acceptors (Lipinski definition) is 4. The van der Waals surface area contributed by atoms with Crippen molar-refractivity contribution in [2.45, 2.75) is 52.7 Å². The highest BCUT2D eigenvalue weighted by Gasteiger charge is 2.22. The van der Waals surface area contributed by atoms with Crippen molar-refractivity contribution in [3.63, 3.8) is 0 Å². The van der Waals surface area contributed by atoms with Gasteiger partial charge in [0.05, 0.1) is 11.3 Å². The van der Waals surface area contributed by atoms with Gasteiger partial charge < -0.3 is 15.2 Å². The van der Waals surface area contributed by atoms with E-state index in [1.807, 2.05) is 26.8 Å². The number of hydrogen-bond donors (Lipinski definition) is 2. The van der Waals surface area contributed by atoms with Crippen LogP contribution in [0.25, 0.3) is 5.69 Å². The molecule has 2 N–H and O–H groups in total. The number of ether oxygens (including phenoxy) is 1.